The van der Waals surface area contributed by atoms with Crippen molar-refractivity contribution in [2.45, 2.75) is 10.1 Å². The second-order valence-electron chi connectivity index (χ2n) is 7.42. The maximum absolute atomic E-state index is 13.2. The van der Waals surface area contributed by atoms with Crippen molar-refractivity contribution >= 4 is 40.6 Å². The number of hydrogen-bond acceptors (Lipinski definition) is 6. The molecule has 8 nitrogen and oxygen atoms in total. The maximum atomic E-state index is 13.2. The molecule has 1 aromatic heterocycles. The smallest absolute Gasteiger partial charge is 0.270 e. The molecule has 174 valence electrons. The van der Waals surface area contributed by atoms with Gasteiger partial charge in [0, 0.05) is 46.4 Å². The van der Waals surface area contributed by atoms with E-state index in [1.54, 1.807) is 42.7 Å². The number of nitro benzene ring substituents is 1. The van der Waals surface area contributed by atoms with Gasteiger partial charge in [0.1, 0.15) is 5.25 Å². The lowest BCUT2D eigenvalue weighted by Crippen LogP contribution is -2.19. The van der Waals surface area contributed by atoms with Crippen LogP contribution in [0.25, 0.3) is 0 Å². The number of nitrogens with one attached hydrogen (secondary N) is 2. The van der Waals surface area contributed by atoms with Gasteiger partial charge in [0.2, 0.25) is 5.91 Å². The van der Waals surface area contributed by atoms with Crippen LogP contribution in [0.3, 0.4) is 0 Å². The van der Waals surface area contributed by atoms with Crippen molar-refractivity contribution in [2.75, 3.05) is 10.6 Å². The third-order valence-corrected chi connectivity index (χ3v) is 6.20. The summed E-state index contributed by atoms with van der Waals surface area (Å²) >= 11 is 1.34. The molecule has 0 fully saturated rings. The molecule has 0 aliphatic carbocycles. The van der Waals surface area contributed by atoms with Gasteiger partial charge >= 0.3 is 0 Å². The van der Waals surface area contributed by atoms with Gasteiger partial charge in [-0.2, -0.15) is 0 Å². The number of non-ortho nitro benzene ring substituents is 1. The summed E-state index contributed by atoms with van der Waals surface area (Å²) in [5.41, 5.74) is 2.00. The predicted octanol–water partition coefficient (Wildman–Crippen LogP) is 5.71. The number of carbonyl (C=O) groups excluding carboxylic acids is 2. The minimum absolute atomic E-state index is 0.159. The summed E-state index contributed by atoms with van der Waals surface area (Å²) in [6.45, 7) is 0. The Kier molecular flexibility index (Phi) is 7.49. The van der Waals surface area contributed by atoms with E-state index in [1.807, 2.05) is 36.4 Å². The van der Waals surface area contributed by atoms with Crippen LogP contribution in [-0.2, 0) is 4.79 Å². The minimum atomic E-state index is -0.549. The number of anilines is 2. The third kappa shape index (κ3) is 6.30. The Balaban J connectivity index is 1.53. The summed E-state index contributed by atoms with van der Waals surface area (Å²) in [6.07, 6.45) is 3.21. The monoisotopic (exact) mass is 484 g/mol. The van der Waals surface area contributed by atoms with Crippen molar-refractivity contribution in [1.29, 1.82) is 0 Å². The minimum Gasteiger partial charge on any atom is -0.325 e. The van der Waals surface area contributed by atoms with E-state index >= 15 is 0 Å². The highest BCUT2D eigenvalue weighted by Gasteiger charge is 2.22. The van der Waals surface area contributed by atoms with Crippen LogP contribution >= 0.6 is 11.8 Å². The first-order chi connectivity index (χ1) is 17.0. The van der Waals surface area contributed by atoms with Crippen LogP contribution in [0, 0.1) is 10.1 Å². The van der Waals surface area contributed by atoms with Crippen molar-refractivity contribution in [3.05, 3.63) is 125 Å². The first-order valence-electron chi connectivity index (χ1n) is 10.6. The molecule has 1 heterocycles. The highest BCUT2D eigenvalue weighted by molar-refractivity contribution is 8.00. The molecule has 0 spiro atoms. The molecule has 0 aliphatic rings. The fourth-order valence-electron chi connectivity index (χ4n) is 3.29. The van der Waals surface area contributed by atoms with Crippen LogP contribution in [0.4, 0.5) is 17.1 Å². The second kappa shape index (κ2) is 11.1. The lowest BCUT2D eigenvalue weighted by molar-refractivity contribution is -0.384. The summed E-state index contributed by atoms with van der Waals surface area (Å²) < 4.78 is 0. The molecule has 1 atom stereocenters. The van der Waals surface area contributed by atoms with E-state index < -0.39 is 16.1 Å². The van der Waals surface area contributed by atoms with Gasteiger partial charge < -0.3 is 10.6 Å². The zero-order valence-electron chi connectivity index (χ0n) is 18.3. The van der Waals surface area contributed by atoms with Gasteiger partial charge in [0.25, 0.3) is 11.6 Å². The zero-order valence-corrected chi connectivity index (χ0v) is 19.1. The molecule has 0 radical (unpaired) electrons. The Morgan fingerprint density at radius 1 is 0.829 bits per heavy atom. The number of thioether (sulfide) groups is 1. The number of rotatable bonds is 8. The van der Waals surface area contributed by atoms with Crippen molar-refractivity contribution < 1.29 is 14.5 Å². The van der Waals surface area contributed by atoms with Gasteiger partial charge in [-0.1, -0.05) is 42.5 Å². The predicted molar refractivity (Wildman–Crippen MR) is 135 cm³/mol. The van der Waals surface area contributed by atoms with Crippen molar-refractivity contribution in [3.63, 3.8) is 0 Å². The number of hydrogen-bond donors (Lipinski definition) is 2. The van der Waals surface area contributed by atoms with Gasteiger partial charge in [-0.3, -0.25) is 24.7 Å². The molecule has 3 aromatic carbocycles. The zero-order chi connectivity index (χ0) is 24.6. The lowest BCUT2D eigenvalue weighted by atomic mass is 10.1. The highest BCUT2D eigenvalue weighted by atomic mass is 32.2. The number of amides is 2. The molecule has 2 N–H and O–H groups in total. The fraction of sp³-hybridized carbons (Fsp3) is 0.0385. The van der Waals surface area contributed by atoms with Gasteiger partial charge in [0.05, 0.1) is 4.92 Å². The average molecular weight is 485 g/mol. The van der Waals surface area contributed by atoms with E-state index in [4.69, 9.17) is 0 Å². The standard InChI is InChI=1S/C26H20N4O4S/c31-25(19-8-4-10-22(16-19)30(33)34)29-21-9-5-11-23(17-21)35-24(18-6-2-1-3-7-18)26(32)28-20-12-14-27-15-13-20/h1-17,24H,(H,29,31)(H,27,28,32). The Labute approximate surface area is 205 Å². The first-order valence-corrected chi connectivity index (χ1v) is 11.5. The van der Waals surface area contributed by atoms with Gasteiger partial charge in [-0.15, -0.1) is 11.8 Å². The molecule has 2 amide bonds. The topological polar surface area (TPSA) is 114 Å². The number of aromatic nitrogens is 1. The van der Waals surface area contributed by atoms with Crippen molar-refractivity contribution in [2.24, 2.45) is 0 Å². The fourth-order valence-corrected chi connectivity index (χ4v) is 4.37. The van der Waals surface area contributed by atoms with E-state index in [0.29, 0.717) is 11.4 Å². The molecule has 9 heteroatoms. The molecule has 1 unspecified atom stereocenters. The summed E-state index contributed by atoms with van der Waals surface area (Å²) in [4.78, 5) is 41.0. The lowest BCUT2D eigenvalue weighted by Gasteiger charge is -2.17. The number of benzene rings is 3. The maximum Gasteiger partial charge on any atom is 0.270 e. The van der Waals surface area contributed by atoms with Crippen LogP contribution in [0.15, 0.2) is 108 Å². The van der Waals surface area contributed by atoms with E-state index in [0.717, 1.165) is 10.5 Å². The van der Waals surface area contributed by atoms with Crippen LogP contribution in [0.1, 0.15) is 21.2 Å². The summed E-state index contributed by atoms with van der Waals surface area (Å²) in [5, 5.41) is 16.1. The number of pyridine rings is 1. The van der Waals surface area contributed by atoms with Crippen molar-refractivity contribution in [3.8, 4) is 0 Å². The molecule has 35 heavy (non-hydrogen) atoms. The number of nitrogens with zero attached hydrogens (tertiary/aromatic N) is 2. The Morgan fingerprint density at radius 3 is 2.31 bits per heavy atom. The Hall–Kier alpha value is -4.50. The molecule has 0 saturated carbocycles. The van der Waals surface area contributed by atoms with Crippen LogP contribution in [0.5, 0.6) is 0 Å². The number of nitro groups is 1. The number of carbonyl (C=O) groups is 2. The highest BCUT2D eigenvalue weighted by Crippen LogP contribution is 2.37. The van der Waals surface area contributed by atoms with Gasteiger partial charge in [-0.05, 0) is 42.0 Å². The summed E-state index contributed by atoms with van der Waals surface area (Å²) in [5.74, 6) is -0.663. The van der Waals surface area contributed by atoms with Gasteiger partial charge in [-0.25, -0.2) is 0 Å². The van der Waals surface area contributed by atoms with Crippen LogP contribution in [-0.4, -0.2) is 21.7 Å². The first kappa shape index (κ1) is 23.7. The summed E-state index contributed by atoms with van der Waals surface area (Å²) in [7, 11) is 0. The van der Waals surface area contributed by atoms with E-state index in [1.165, 1.54) is 36.0 Å². The average Bonchev–Trinajstić information content (AvgIpc) is 2.88. The summed E-state index contributed by atoms with van der Waals surface area (Å²) in [6, 6.07) is 25.5. The second-order valence-corrected chi connectivity index (χ2v) is 8.60. The Morgan fingerprint density at radius 2 is 1.57 bits per heavy atom. The SMILES string of the molecule is O=C(Nc1cccc(SC(C(=O)Nc2ccncc2)c2ccccc2)c1)c1cccc([N+](=O)[O-])c1. The molecular formula is C26H20N4O4S. The molecule has 0 aliphatic heterocycles. The molecule has 4 aromatic rings. The Bertz CT molecular complexity index is 1350. The van der Waals surface area contributed by atoms with Crippen molar-refractivity contribution in [1.82, 2.24) is 4.98 Å². The molecule has 4 rings (SSSR count). The molecule has 0 saturated heterocycles. The largest absolute Gasteiger partial charge is 0.325 e. The quantitative estimate of drug-likeness (QED) is 0.188. The van der Waals surface area contributed by atoms with E-state index in [9.17, 15) is 19.7 Å². The van der Waals surface area contributed by atoms with E-state index in [-0.39, 0.29) is 17.2 Å². The van der Waals surface area contributed by atoms with Crippen LogP contribution in [0.2, 0.25) is 0 Å². The molecular weight excluding hydrogens is 464 g/mol. The normalized spacial score (nSPS) is 11.3. The third-order valence-electron chi connectivity index (χ3n) is 4.95. The van der Waals surface area contributed by atoms with Crippen LogP contribution < -0.4 is 10.6 Å². The molecule has 0 bridgehead atoms. The van der Waals surface area contributed by atoms with E-state index in [2.05, 4.69) is 15.6 Å². The van der Waals surface area contributed by atoms with Gasteiger partial charge in [0.15, 0.2) is 0 Å².